The molecule has 3 saturated heterocycles. The molecule has 3 fully saturated rings. The van der Waals surface area contributed by atoms with Crippen molar-refractivity contribution >= 4 is 22.7 Å². The molecule has 9 heteroatoms. The fourth-order valence-electron chi connectivity index (χ4n) is 8.32. The Morgan fingerprint density at radius 3 is 2.25 bits per heavy atom. The highest BCUT2D eigenvalue weighted by Crippen LogP contribution is 2.40. The summed E-state index contributed by atoms with van der Waals surface area (Å²) in [6.07, 6.45) is 5.93. The molecule has 48 heavy (non-hydrogen) atoms. The molecule has 3 aromatic rings. The molecule has 1 unspecified atom stereocenters. The van der Waals surface area contributed by atoms with Gasteiger partial charge in [-0.05, 0) is 112 Å². The van der Waals surface area contributed by atoms with Crippen LogP contribution in [0, 0.1) is 5.92 Å². The van der Waals surface area contributed by atoms with Crippen LogP contribution in [0.3, 0.4) is 0 Å². The maximum Gasteiger partial charge on any atom is 0.236 e. The third-order valence-electron chi connectivity index (χ3n) is 11.2. The second kappa shape index (κ2) is 14.9. The minimum absolute atomic E-state index is 0.0135. The molecule has 6 rings (SSSR count). The first-order valence-corrected chi connectivity index (χ1v) is 18.0. The van der Waals surface area contributed by atoms with Gasteiger partial charge in [-0.15, -0.1) is 0 Å². The standard InChI is InChI=1S/C39H55N5O4/c1-26(2)37-32-22-28(9-11-33(32)40-38(37)29-10-12-34(47-5)35(23-29)48-6)27-13-18-43(19-14-27)36(45)25-42-17-7-8-30(24-42)39(46)44-20-15-31(16-21-44)41(3)4/h9-12,22-23,26-27,30-31,40H,7-8,13-21,24-25H2,1-6H3. The van der Waals surface area contributed by atoms with Crippen LogP contribution in [0.2, 0.25) is 0 Å². The average Bonchev–Trinajstić information content (AvgIpc) is 3.50. The van der Waals surface area contributed by atoms with E-state index in [1.807, 2.05) is 12.1 Å². The fourth-order valence-corrected chi connectivity index (χ4v) is 8.32. The van der Waals surface area contributed by atoms with Crippen LogP contribution in [0.15, 0.2) is 36.4 Å². The van der Waals surface area contributed by atoms with Crippen molar-refractivity contribution in [2.45, 2.75) is 70.3 Å². The van der Waals surface area contributed by atoms with E-state index in [9.17, 15) is 9.59 Å². The molecule has 3 aliphatic rings. The summed E-state index contributed by atoms with van der Waals surface area (Å²) in [6, 6.07) is 13.5. The summed E-state index contributed by atoms with van der Waals surface area (Å²) in [5.74, 6) is 2.70. The van der Waals surface area contributed by atoms with E-state index in [1.165, 1.54) is 16.5 Å². The number of nitrogens with one attached hydrogen (secondary N) is 1. The van der Waals surface area contributed by atoms with E-state index in [4.69, 9.17) is 9.47 Å². The fraction of sp³-hybridized carbons (Fsp3) is 0.590. The van der Waals surface area contributed by atoms with Gasteiger partial charge in [-0.1, -0.05) is 19.9 Å². The number of benzene rings is 2. The molecular formula is C39H55N5O4. The Hall–Kier alpha value is -3.56. The summed E-state index contributed by atoms with van der Waals surface area (Å²) in [6.45, 7) is 9.77. The zero-order valence-corrected chi connectivity index (χ0v) is 29.9. The number of hydrogen-bond donors (Lipinski definition) is 1. The van der Waals surface area contributed by atoms with Gasteiger partial charge in [-0.3, -0.25) is 14.5 Å². The van der Waals surface area contributed by atoms with Crippen LogP contribution in [-0.2, 0) is 9.59 Å². The number of aromatic amines is 1. The maximum absolute atomic E-state index is 13.5. The lowest BCUT2D eigenvalue weighted by atomic mass is 9.87. The van der Waals surface area contributed by atoms with Gasteiger partial charge in [0.05, 0.1) is 32.4 Å². The van der Waals surface area contributed by atoms with E-state index in [0.717, 1.165) is 99.5 Å². The van der Waals surface area contributed by atoms with Crippen LogP contribution in [0.25, 0.3) is 22.2 Å². The number of nitrogens with zero attached hydrogens (tertiary/aromatic N) is 4. The second-order valence-corrected chi connectivity index (χ2v) is 14.7. The molecule has 1 N–H and O–H groups in total. The summed E-state index contributed by atoms with van der Waals surface area (Å²) in [7, 11) is 7.59. The van der Waals surface area contributed by atoms with Gasteiger partial charge in [0.15, 0.2) is 11.5 Å². The number of carbonyl (C=O) groups is 2. The highest BCUT2D eigenvalue weighted by molar-refractivity contribution is 5.92. The first-order valence-electron chi connectivity index (χ1n) is 18.0. The second-order valence-electron chi connectivity index (χ2n) is 14.7. The molecule has 1 atom stereocenters. The topological polar surface area (TPSA) is 81.3 Å². The summed E-state index contributed by atoms with van der Waals surface area (Å²) >= 11 is 0. The first kappa shape index (κ1) is 34.3. The molecule has 0 aliphatic carbocycles. The SMILES string of the molecule is COc1ccc(-c2[nH]c3ccc(C4CCN(C(=O)CN5CCCC(C(=O)N6CCC(N(C)C)CC6)C5)CC4)cc3c2C(C)C)cc1OC. The van der Waals surface area contributed by atoms with E-state index in [1.54, 1.807) is 14.2 Å². The van der Waals surface area contributed by atoms with Crippen LogP contribution >= 0.6 is 0 Å². The monoisotopic (exact) mass is 657 g/mol. The number of fused-ring (bicyclic) bond motifs is 1. The molecule has 0 saturated carbocycles. The van der Waals surface area contributed by atoms with Crippen LogP contribution in [0.1, 0.15) is 75.3 Å². The molecule has 0 bridgehead atoms. The summed E-state index contributed by atoms with van der Waals surface area (Å²) < 4.78 is 11.1. The quantitative estimate of drug-likeness (QED) is 0.307. The van der Waals surface area contributed by atoms with Gasteiger partial charge in [0.1, 0.15) is 0 Å². The lowest BCUT2D eigenvalue weighted by molar-refractivity contribution is -0.141. The third-order valence-corrected chi connectivity index (χ3v) is 11.2. The van der Waals surface area contributed by atoms with E-state index in [-0.39, 0.29) is 11.8 Å². The molecular weight excluding hydrogens is 602 g/mol. The van der Waals surface area contributed by atoms with Gasteiger partial charge >= 0.3 is 0 Å². The maximum atomic E-state index is 13.5. The number of amides is 2. The minimum Gasteiger partial charge on any atom is -0.493 e. The van der Waals surface area contributed by atoms with Crippen LogP contribution < -0.4 is 9.47 Å². The van der Waals surface area contributed by atoms with Crippen LogP contribution in [0.4, 0.5) is 0 Å². The normalized spacial score (nSPS) is 20.2. The zero-order chi connectivity index (χ0) is 33.9. The largest absolute Gasteiger partial charge is 0.493 e. The van der Waals surface area contributed by atoms with Crippen molar-refractivity contribution < 1.29 is 19.1 Å². The van der Waals surface area contributed by atoms with Crippen molar-refractivity contribution in [3.8, 4) is 22.8 Å². The lowest BCUT2D eigenvalue weighted by Crippen LogP contribution is -2.51. The van der Waals surface area contributed by atoms with E-state index < -0.39 is 0 Å². The van der Waals surface area contributed by atoms with Gasteiger partial charge in [0.25, 0.3) is 0 Å². The Morgan fingerprint density at radius 1 is 0.875 bits per heavy atom. The molecule has 0 spiro atoms. The Balaban J connectivity index is 1.06. The number of carbonyl (C=O) groups excluding carboxylic acids is 2. The van der Waals surface area contributed by atoms with Gasteiger partial charge < -0.3 is 29.2 Å². The van der Waals surface area contributed by atoms with Gasteiger partial charge in [-0.25, -0.2) is 0 Å². The van der Waals surface area contributed by atoms with Gasteiger partial charge in [-0.2, -0.15) is 0 Å². The van der Waals surface area contributed by atoms with Crippen molar-refractivity contribution in [2.24, 2.45) is 5.92 Å². The van der Waals surface area contributed by atoms with E-state index in [2.05, 4.69) is 76.8 Å². The van der Waals surface area contributed by atoms with Crippen LogP contribution in [0.5, 0.6) is 11.5 Å². The van der Waals surface area contributed by atoms with Gasteiger partial charge in [0, 0.05) is 55.2 Å². The van der Waals surface area contributed by atoms with E-state index in [0.29, 0.717) is 36.9 Å². The molecule has 0 radical (unpaired) electrons. The Kier molecular flexibility index (Phi) is 10.7. The highest BCUT2D eigenvalue weighted by atomic mass is 16.5. The predicted octanol–water partition coefficient (Wildman–Crippen LogP) is 5.95. The zero-order valence-electron chi connectivity index (χ0n) is 29.9. The van der Waals surface area contributed by atoms with Crippen LogP contribution in [-0.4, -0.2) is 117 Å². The molecule has 260 valence electrons. The van der Waals surface area contributed by atoms with Crippen molar-refractivity contribution in [3.05, 3.63) is 47.5 Å². The number of ether oxygens (including phenoxy) is 2. The van der Waals surface area contributed by atoms with Gasteiger partial charge in [0.2, 0.25) is 11.8 Å². The molecule has 2 aromatic carbocycles. The van der Waals surface area contributed by atoms with Crippen molar-refractivity contribution in [1.29, 1.82) is 0 Å². The predicted molar refractivity (Wildman–Crippen MR) is 192 cm³/mol. The third kappa shape index (κ3) is 7.22. The number of aromatic nitrogens is 1. The average molecular weight is 658 g/mol. The molecule has 1 aromatic heterocycles. The summed E-state index contributed by atoms with van der Waals surface area (Å²) in [5, 5.41) is 1.27. The summed E-state index contributed by atoms with van der Waals surface area (Å²) in [4.78, 5) is 39.2. The Bertz CT molecular complexity index is 1580. The number of hydrogen-bond acceptors (Lipinski definition) is 6. The van der Waals surface area contributed by atoms with Crippen molar-refractivity contribution in [1.82, 2.24) is 24.6 Å². The number of H-pyrrole nitrogens is 1. The van der Waals surface area contributed by atoms with Crippen molar-refractivity contribution in [2.75, 3.05) is 74.1 Å². The van der Waals surface area contributed by atoms with E-state index >= 15 is 0 Å². The van der Waals surface area contributed by atoms with Crippen molar-refractivity contribution in [3.63, 3.8) is 0 Å². The molecule has 2 amide bonds. The highest BCUT2D eigenvalue weighted by Gasteiger charge is 2.33. The lowest BCUT2D eigenvalue weighted by Gasteiger charge is -2.39. The molecule has 4 heterocycles. The minimum atomic E-state index is 0.0135. The smallest absolute Gasteiger partial charge is 0.236 e. The number of piperidine rings is 3. The molecule has 9 nitrogen and oxygen atoms in total. The number of rotatable bonds is 9. The number of likely N-dealkylation sites (tertiary alicyclic amines) is 3. The number of methoxy groups -OCH3 is 2. The Morgan fingerprint density at radius 2 is 1.58 bits per heavy atom. The molecule has 3 aliphatic heterocycles. The first-order chi connectivity index (χ1) is 23.2. The summed E-state index contributed by atoms with van der Waals surface area (Å²) in [5.41, 5.74) is 5.99. The Labute approximate surface area is 286 Å².